The number of halogens is 1. The highest BCUT2D eigenvalue weighted by Gasteiger charge is 2.27. The Balaban J connectivity index is 1.89. The van der Waals surface area contributed by atoms with Gasteiger partial charge in [0.25, 0.3) is 0 Å². The van der Waals surface area contributed by atoms with Crippen LogP contribution in [0.5, 0.6) is 5.75 Å². The lowest BCUT2D eigenvalue weighted by Crippen LogP contribution is -2.23. The Labute approximate surface area is 133 Å². The van der Waals surface area contributed by atoms with Gasteiger partial charge in [-0.1, -0.05) is 40.2 Å². The first-order chi connectivity index (χ1) is 10.2. The molecule has 0 aromatic heterocycles. The molecule has 0 saturated heterocycles. The van der Waals surface area contributed by atoms with Crippen molar-refractivity contribution in [3.05, 3.63) is 63.6 Å². The van der Waals surface area contributed by atoms with Crippen molar-refractivity contribution in [1.82, 2.24) is 0 Å². The number of aryl methyl sites for hydroxylation is 1. The first kappa shape index (κ1) is 14.3. The molecule has 1 aliphatic rings. The maximum atomic E-state index is 12.8. The summed E-state index contributed by atoms with van der Waals surface area (Å²) in [7, 11) is 1.61. The predicted octanol–water partition coefficient (Wildman–Crippen LogP) is 4.45. The molecule has 0 fully saturated rings. The molecule has 0 aliphatic heterocycles. The molecule has 0 spiro atoms. The van der Waals surface area contributed by atoms with E-state index in [-0.39, 0.29) is 11.7 Å². The zero-order valence-corrected chi connectivity index (χ0v) is 13.5. The number of methoxy groups -OCH3 is 1. The second kappa shape index (κ2) is 6.02. The Hall–Kier alpha value is -1.61. The number of ether oxygens (including phenoxy) is 1. The summed E-state index contributed by atoms with van der Waals surface area (Å²) in [6.45, 7) is 0. The molecule has 1 unspecified atom stereocenters. The minimum atomic E-state index is 0.0445. The number of hydrogen-bond acceptors (Lipinski definition) is 2. The minimum Gasteiger partial charge on any atom is -0.496 e. The zero-order valence-electron chi connectivity index (χ0n) is 11.9. The normalized spacial score (nSPS) is 17.1. The predicted molar refractivity (Wildman–Crippen MR) is 87.0 cm³/mol. The summed E-state index contributed by atoms with van der Waals surface area (Å²) >= 11 is 3.44. The number of rotatable bonds is 3. The fraction of sp³-hybridized carbons (Fsp3) is 0.278. The van der Waals surface area contributed by atoms with Crippen molar-refractivity contribution in [2.75, 3.05) is 7.11 Å². The summed E-state index contributed by atoms with van der Waals surface area (Å²) in [5, 5.41) is 0. The maximum Gasteiger partial charge on any atom is 0.170 e. The number of Topliss-reactive ketones (excluding diaryl/α,β-unsaturated/α-hetero) is 1. The molecule has 108 valence electrons. The van der Waals surface area contributed by atoms with E-state index < -0.39 is 0 Å². The molecule has 1 aliphatic carbocycles. The third-order valence-electron chi connectivity index (χ3n) is 4.14. The lowest BCUT2D eigenvalue weighted by Gasteiger charge is -2.24. The third-order valence-corrected chi connectivity index (χ3v) is 4.64. The van der Waals surface area contributed by atoms with Gasteiger partial charge in [-0.3, -0.25) is 4.79 Å². The molecule has 0 saturated carbocycles. The molecule has 0 N–H and O–H groups in total. The second-order valence-corrected chi connectivity index (χ2v) is 6.33. The van der Waals surface area contributed by atoms with Gasteiger partial charge in [-0.15, -0.1) is 0 Å². The van der Waals surface area contributed by atoms with Crippen molar-refractivity contribution >= 4 is 21.7 Å². The monoisotopic (exact) mass is 344 g/mol. The molecule has 0 heterocycles. The zero-order chi connectivity index (χ0) is 14.8. The Bertz CT molecular complexity index is 679. The number of benzene rings is 2. The van der Waals surface area contributed by atoms with Gasteiger partial charge in [0.05, 0.1) is 12.7 Å². The van der Waals surface area contributed by atoms with Crippen LogP contribution in [0, 0.1) is 5.92 Å². The van der Waals surface area contributed by atoms with E-state index in [1.807, 2.05) is 24.3 Å². The Kier molecular flexibility index (Phi) is 4.11. The molecule has 0 amide bonds. The molecule has 2 aromatic rings. The van der Waals surface area contributed by atoms with Gasteiger partial charge in [-0.05, 0) is 48.6 Å². The van der Waals surface area contributed by atoms with Crippen molar-refractivity contribution in [2.45, 2.75) is 19.3 Å². The topological polar surface area (TPSA) is 26.3 Å². The summed E-state index contributed by atoms with van der Waals surface area (Å²) in [5.74, 6) is 0.882. The average Bonchev–Trinajstić information content (AvgIpc) is 2.53. The third kappa shape index (κ3) is 2.88. The van der Waals surface area contributed by atoms with Crippen LogP contribution in [0.1, 0.15) is 27.9 Å². The summed E-state index contributed by atoms with van der Waals surface area (Å²) in [4.78, 5) is 12.8. The number of carbonyl (C=O) groups excluding carboxylic acids is 1. The Morgan fingerprint density at radius 3 is 2.71 bits per heavy atom. The standard InChI is InChI=1S/C18H17BrO2/c1-21-17-9-8-15(19)11-16(17)18(20)14-7-6-12-4-2-3-5-13(12)10-14/h2-5,8-9,11,14H,6-7,10H2,1H3. The van der Waals surface area contributed by atoms with Gasteiger partial charge in [0.2, 0.25) is 0 Å². The van der Waals surface area contributed by atoms with E-state index in [1.165, 1.54) is 11.1 Å². The first-order valence-corrected chi connectivity index (χ1v) is 7.93. The Morgan fingerprint density at radius 1 is 1.19 bits per heavy atom. The molecule has 3 heteroatoms. The van der Waals surface area contributed by atoms with Crippen LogP contribution < -0.4 is 4.74 Å². The summed E-state index contributed by atoms with van der Waals surface area (Å²) in [5.41, 5.74) is 3.36. The Morgan fingerprint density at radius 2 is 1.95 bits per heavy atom. The molecular formula is C18H17BrO2. The highest BCUT2D eigenvalue weighted by molar-refractivity contribution is 9.10. The molecule has 0 bridgehead atoms. The quantitative estimate of drug-likeness (QED) is 0.769. The smallest absolute Gasteiger partial charge is 0.170 e. The summed E-state index contributed by atoms with van der Waals surface area (Å²) < 4.78 is 6.25. The van der Waals surface area contributed by atoms with E-state index in [2.05, 4.69) is 34.1 Å². The number of ketones is 1. The van der Waals surface area contributed by atoms with Crippen LogP contribution in [0.15, 0.2) is 46.9 Å². The van der Waals surface area contributed by atoms with Crippen LogP contribution in [-0.4, -0.2) is 12.9 Å². The van der Waals surface area contributed by atoms with Gasteiger partial charge >= 0.3 is 0 Å². The lowest BCUT2D eigenvalue weighted by molar-refractivity contribution is 0.0905. The van der Waals surface area contributed by atoms with E-state index in [9.17, 15) is 4.79 Å². The van der Waals surface area contributed by atoms with Crippen molar-refractivity contribution in [3.63, 3.8) is 0 Å². The SMILES string of the molecule is COc1ccc(Br)cc1C(=O)C1CCc2ccccc2C1. The van der Waals surface area contributed by atoms with Gasteiger partial charge in [0, 0.05) is 10.4 Å². The van der Waals surface area contributed by atoms with Crippen molar-refractivity contribution in [2.24, 2.45) is 5.92 Å². The van der Waals surface area contributed by atoms with Crippen LogP contribution in [0.4, 0.5) is 0 Å². The maximum absolute atomic E-state index is 12.8. The molecular weight excluding hydrogens is 328 g/mol. The van der Waals surface area contributed by atoms with Gasteiger partial charge < -0.3 is 4.74 Å². The molecule has 3 rings (SSSR count). The van der Waals surface area contributed by atoms with Crippen molar-refractivity contribution < 1.29 is 9.53 Å². The van der Waals surface area contributed by atoms with Crippen LogP contribution in [-0.2, 0) is 12.8 Å². The van der Waals surface area contributed by atoms with Crippen LogP contribution in [0.3, 0.4) is 0 Å². The van der Waals surface area contributed by atoms with Crippen LogP contribution >= 0.6 is 15.9 Å². The van der Waals surface area contributed by atoms with E-state index in [1.54, 1.807) is 7.11 Å². The molecule has 0 radical (unpaired) electrons. The van der Waals surface area contributed by atoms with E-state index in [0.717, 1.165) is 23.7 Å². The fourth-order valence-corrected chi connectivity index (χ4v) is 3.38. The highest BCUT2D eigenvalue weighted by Crippen LogP contribution is 2.31. The number of fused-ring (bicyclic) bond motifs is 1. The van der Waals surface area contributed by atoms with Crippen LogP contribution in [0.25, 0.3) is 0 Å². The van der Waals surface area contributed by atoms with E-state index >= 15 is 0 Å². The summed E-state index contributed by atoms with van der Waals surface area (Å²) in [6.07, 6.45) is 2.71. The van der Waals surface area contributed by atoms with Crippen molar-refractivity contribution in [3.8, 4) is 5.75 Å². The lowest BCUT2D eigenvalue weighted by atomic mass is 9.80. The second-order valence-electron chi connectivity index (χ2n) is 5.42. The number of carbonyl (C=O) groups is 1. The van der Waals surface area contributed by atoms with Gasteiger partial charge in [0.1, 0.15) is 5.75 Å². The van der Waals surface area contributed by atoms with Gasteiger partial charge in [0.15, 0.2) is 5.78 Å². The summed E-state index contributed by atoms with van der Waals surface area (Å²) in [6, 6.07) is 14.0. The highest BCUT2D eigenvalue weighted by atomic mass is 79.9. The van der Waals surface area contributed by atoms with E-state index in [0.29, 0.717) is 11.3 Å². The molecule has 1 atom stereocenters. The minimum absolute atomic E-state index is 0.0445. The largest absolute Gasteiger partial charge is 0.496 e. The molecule has 2 aromatic carbocycles. The van der Waals surface area contributed by atoms with Crippen LogP contribution in [0.2, 0.25) is 0 Å². The number of hydrogen-bond donors (Lipinski definition) is 0. The van der Waals surface area contributed by atoms with Gasteiger partial charge in [-0.2, -0.15) is 0 Å². The van der Waals surface area contributed by atoms with Crippen molar-refractivity contribution in [1.29, 1.82) is 0 Å². The average molecular weight is 345 g/mol. The van der Waals surface area contributed by atoms with E-state index in [4.69, 9.17) is 4.74 Å². The fourth-order valence-electron chi connectivity index (χ4n) is 3.01. The molecule has 21 heavy (non-hydrogen) atoms. The first-order valence-electron chi connectivity index (χ1n) is 7.13. The molecule has 2 nitrogen and oxygen atoms in total. The van der Waals surface area contributed by atoms with Gasteiger partial charge in [-0.25, -0.2) is 0 Å².